The van der Waals surface area contributed by atoms with E-state index in [4.69, 9.17) is 0 Å². The average Bonchev–Trinajstić information content (AvgIpc) is 3.61. The van der Waals surface area contributed by atoms with Crippen LogP contribution in [-0.4, -0.2) is 4.57 Å². The zero-order chi connectivity index (χ0) is 30.6. The number of fused-ring (bicyclic) bond motifs is 6. The molecule has 0 spiro atoms. The van der Waals surface area contributed by atoms with Gasteiger partial charge >= 0.3 is 0 Å². The first-order valence-corrected chi connectivity index (χ1v) is 16.0. The maximum Gasteiger partial charge on any atom is 0.0541 e. The molecule has 1 aliphatic carbocycles. The van der Waals surface area contributed by atoms with Gasteiger partial charge in [0.1, 0.15) is 0 Å². The first-order valence-electron chi connectivity index (χ1n) is 16.0. The Hall–Kier alpha value is -5.86. The first kappa shape index (κ1) is 26.5. The monoisotopic (exact) mass is 588 g/mol. The van der Waals surface area contributed by atoms with E-state index in [0.717, 1.165) is 11.4 Å². The minimum absolute atomic E-state index is 0.369. The van der Waals surface area contributed by atoms with E-state index < -0.39 is 0 Å². The molecule has 1 aliphatic rings. The van der Waals surface area contributed by atoms with Crippen LogP contribution in [0.4, 0.5) is 17.1 Å². The van der Waals surface area contributed by atoms with E-state index in [0.29, 0.717) is 5.92 Å². The summed E-state index contributed by atoms with van der Waals surface area (Å²) in [5.74, 6) is 0.369. The molecule has 8 aromatic rings. The minimum Gasteiger partial charge on any atom is -0.310 e. The van der Waals surface area contributed by atoms with Crippen molar-refractivity contribution in [1.29, 1.82) is 0 Å². The highest BCUT2D eigenvalue weighted by Crippen LogP contribution is 2.47. The molecule has 1 unspecified atom stereocenters. The fourth-order valence-corrected chi connectivity index (χ4v) is 7.42. The average molecular weight is 589 g/mol. The lowest BCUT2D eigenvalue weighted by atomic mass is 9.98. The van der Waals surface area contributed by atoms with Crippen LogP contribution in [0.15, 0.2) is 170 Å². The van der Waals surface area contributed by atoms with Crippen LogP contribution in [0.25, 0.3) is 49.7 Å². The summed E-state index contributed by atoms with van der Waals surface area (Å²) in [6, 6.07) is 61.7. The Balaban J connectivity index is 1.12. The molecule has 0 saturated heterocycles. The molecule has 46 heavy (non-hydrogen) atoms. The largest absolute Gasteiger partial charge is 0.310 e. The fourth-order valence-electron chi connectivity index (χ4n) is 7.42. The number of anilines is 3. The fraction of sp³-hybridized carbons (Fsp3) is 0.0455. The van der Waals surface area contributed by atoms with Crippen molar-refractivity contribution in [2.24, 2.45) is 0 Å². The molecule has 2 nitrogen and oxygen atoms in total. The molecule has 0 saturated carbocycles. The van der Waals surface area contributed by atoms with Gasteiger partial charge < -0.3 is 9.47 Å². The van der Waals surface area contributed by atoms with E-state index in [-0.39, 0.29) is 0 Å². The lowest BCUT2D eigenvalue weighted by molar-refractivity contribution is 0.956. The summed E-state index contributed by atoms with van der Waals surface area (Å²) in [4.78, 5) is 2.37. The van der Waals surface area contributed by atoms with Gasteiger partial charge in [-0.05, 0) is 100 Å². The second-order valence-corrected chi connectivity index (χ2v) is 12.2. The van der Waals surface area contributed by atoms with Crippen LogP contribution < -0.4 is 4.90 Å². The van der Waals surface area contributed by atoms with E-state index in [1.165, 1.54) is 66.6 Å². The summed E-state index contributed by atoms with van der Waals surface area (Å²) in [5, 5.41) is 2.53. The van der Waals surface area contributed by atoms with Crippen LogP contribution in [0.5, 0.6) is 0 Å². The maximum absolute atomic E-state index is 2.39. The number of benzene rings is 7. The van der Waals surface area contributed by atoms with E-state index in [2.05, 4.69) is 186 Å². The molecule has 1 atom stereocenters. The van der Waals surface area contributed by atoms with Crippen molar-refractivity contribution in [3.8, 4) is 27.9 Å². The minimum atomic E-state index is 0.369. The van der Waals surface area contributed by atoms with E-state index in [1.807, 2.05) is 0 Å². The van der Waals surface area contributed by atoms with Crippen LogP contribution in [0.1, 0.15) is 24.0 Å². The van der Waals surface area contributed by atoms with Crippen molar-refractivity contribution in [2.45, 2.75) is 12.8 Å². The summed E-state index contributed by atoms with van der Waals surface area (Å²) in [6.07, 6.45) is 0. The zero-order valence-electron chi connectivity index (χ0n) is 25.6. The molecule has 7 aromatic carbocycles. The first-order chi connectivity index (χ1) is 22.7. The molecule has 0 N–H and O–H groups in total. The van der Waals surface area contributed by atoms with Crippen LogP contribution in [0.3, 0.4) is 0 Å². The summed E-state index contributed by atoms with van der Waals surface area (Å²) < 4.78 is 2.37. The highest BCUT2D eigenvalue weighted by molar-refractivity contribution is 6.10. The predicted molar refractivity (Wildman–Crippen MR) is 194 cm³/mol. The summed E-state index contributed by atoms with van der Waals surface area (Å²) >= 11 is 0. The summed E-state index contributed by atoms with van der Waals surface area (Å²) in [5.41, 5.74) is 15.0. The smallest absolute Gasteiger partial charge is 0.0541 e. The third-order valence-corrected chi connectivity index (χ3v) is 9.64. The molecule has 9 rings (SSSR count). The van der Waals surface area contributed by atoms with Gasteiger partial charge in [0, 0.05) is 39.4 Å². The van der Waals surface area contributed by atoms with Gasteiger partial charge in [-0.3, -0.25) is 0 Å². The summed E-state index contributed by atoms with van der Waals surface area (Å²) in [7, 11) is 0. The number of nitrogens with zero attached hydrogens (tertiary/aromatic N) is 2. The van der Waals surface area contributed by atoms with E-state index in [1.54, 1.807) is 0 Å². The third kappa shape index (κ3) is 4.18. The lowest BCUT2D eigenvalue weighted by Gasteiger charge is -2.26. The van der Waals surface area contributed by atoms with Crippen LogP contribution >= 0.6 is 0 Å². The third-order valence-electron chi connectivity index (χ3n) is 9.64. The molecule has 2 heteroatoms. The Morgan fingerprint density at radius 2 is 1.04 bits per heavy atom. The van der Waals surface area contributed by atoms with Gasteiger partial charge in [-0.25, -0.2) is 0 Å². The van der Waals surface area contributed by atoms with Gasteiger partial charge in [0.05, 0.1) is 11.0 Å². The Labute approximate surface area is 269 Å². The van der Waals surface area contributed by atoms with Crippen molar-refractivity contribution >= 4 is 38.9 Å². The van der Waals surface area contributed by atoms with Gasteiger partial charge in [-0.1, -0.05) is 110 Å². The standard InChI is InChI=1S/C44H32N2/c1-30-37-16-8-9-17-38(37)39-26-25-36(29-41(30)39)45(33-12-4-2-5-13-33)35-23-20-31(21-24-35)32-22-27-44-42(28-32)40-18-10-11-19-43(40)46(44)34-14-6-3-7-15-34/h2-30H,1H3. The molecule has 1 heterocycles. The van der Waals surface area contributed by atoms with Crippen LogP contribution in [0.2, 0.25) is 0 Å². The van der Waals surface area contributed by atoms with Crippen molar-refractivity contribution in [2.75, 3.05) is 4.90 Å². The van der Waals surface area contributed by atoms with Crippen LogP contribution in [-0.2, 0) is 0 Å². The second-order valence-electron chi connectivity index (χ2n) is 12.2. The van der Waals surface area contributed by atoms with Gasteiger partial charge in [0.2, 0.25) is 0 Å². The van der Waals surface area contributed by atoms with Crippen LogP contribution in [0, 0.1) is 0 Å². The molecule has 0 amide bonds. The lowest BCUT2D eigenvalue weighted by Crippen LogP contribution is -2.10. The van der Waals surface area contributed by atoms with Crippen molar-refractivity contribution in [1.82, 2.24) is 4.57 Å². The molecule has 0 fully saturated rings. The number of hydrogen-bond donors (Lipinski definition) is 0. The normalized spacial score (nSPS) is 13.5. The number of para-hydroxylation sites is 3. The van der Waals surface area contributed by atoms with Gasteiger partial charge in [0.15, 0.2) is 0 Å². The SMILES string of the molecule is CC1c2ccccc2-c2ccc(N(c3ccccc3)c3ccc(-c4ccc5c(c4)c4ccccc4n5-c4ccccc4)cc3)cc21. The molecular weight excluding hydrogens is 556 g/mol. The molecule has 0 radical (unpaired) electrons. The number of aromatic nitrogens is 1. The van der Waals surface area contributed by atoms with Crippen molar-refractivity contribution in [3.63, 3.8) is 0 Å². The Morgan fingerprint density at radius 1 is 0.435 bits per heavy atom. The van der Waals surface area contributed by atoms with E-state index in [9.17, 15) is 0 Å². The Bertz CT molecular complexity index is 2370. The molecule has 0 aliphatic heterocycles. The molecule has 1 aromatic heterocycles. The summed E-state index contributed by atoms with van der Waals surface area (Å²) in [6.45, 7) is 2.32. The quantitative estimate of drug-likeness (QED) is 0.194. The second kappa shape index (κ2) is 10.6. The maximum atomic E-state index is 2.39. The molecule has 218 valence electrons. The Kier molecular flexibility index (Phi) is 6.14. The van der Waals surface area contributed by atoms with Crippen molar-refractivity contribution < 1.29 is 0 Å². The molecular formula is C44H32N2. The predicted octanol–water partition coefficient (Wildman–Crippen LogP) is 12.1. The Morgan fingerprint density at radius 3 is 1.87 bits per heavy atom. The zero-order valence-corrected chi connectivity index (χ0v) is 25.6. The number of rotatable bonds is 5. The van der Waals surface area contributed by atoms with Gasteiger partial charge in [-0.2, -0.15) is 0 Å². The van der Waals surface area contributed by atoms with Gasteiger partial charge in [0.25, 0.3) is 0 Å². The van der Waals surface area contributed by atoms with Gasteiger partial charge in [-0.15, -0.1) is 0 Å². The van der Waals surface area contributed by atoms with Crippen molar-refractivity contribution in [3.05, 3.63) is 181 Å². The van der Waals surface area contributed by atoms with E-state index >= 15 is 0 Å². The highest BCUT2D eigenvalue weighted by Gasteiger charge is 2.26. The number of hydrogen-bond acceptors (Lipinski definition) is 1. The topological polar surface area (TPSA) is 8.17 Å². The highest BCUT2D eigenvalue weighted by atomic mass is 15.1. The molecule has 0 bridgehead atoms.